The second-order valence-corrected chi connectivity index (χ2v) is 8.02. The van der Waals surface area contributed by atoms with E-state index >= 15 is 0 Å². The Morgan fingerprint density at radius 3 is 2.80 bits per heavy atom. The van der Waals surface area contributed by atoms with Gasteiger partial charge in [0.15, 0.2) is 0 Å². The Bertz CT molecular complexity index is 920. The minimum atomic E-state index is -0.0413. The normalized spacial score (nSPS) is 17.2. The molecule has 2 aliphatic heterocycles. The molecule has 6 heteroatoms. The van der Waals surface area contributed by atoms with Crippen LogP contribution < -0.4 is 15.4 Å². The van der Waals surface area contributed by atoms with Crippen molar-refractivity contribution in [2.75, 3.05) is 25.0 Å². The molecule has 30 heavy (non-hydrogen) atoms. The zero-order chi connectivity index (χ0) is 20.9. The maximum Gasteiger partial charge on any atom is 0.251 e. The van der Waals surface area contributed by atoms with Gasteiger partial charge in [0.05, 0.1) is 6.61 Å². The first kappa shape index (κ1) is 20.4. The van der Waals surface area contributed by atoms with Crippen LogP contribution in [0, 0.1) is 0 Å². The third-order valence-corrected chi connectivity index (χ3v) is 5.81. The van der Waals surface area contributed by atoms with Crippen molar-refractivity contribution in [2.24, 2.45) is 0 Å². The maximum absolute atomic E-state index is 12.6. The van der Waals surface area contributed by atoms with Crippen molar-refractivity contribution in [1.82, 2.24) is 10.2 Å². The SMILES string of the molecule is CCOc1cccc(C(=O)NC2CCN(Cc3ccc4c(c3)NC(=O)CC4)CC2)c1. The van der Waals surface area contributed by atoms with Crippen LogP contribution in [0.25, 0.3) is 0 Å². The maximum atomic E-state index is 12.6. The molecule has 2 heterocycles. The van der Waals surface area contributed by atoms with E-state index in [-0.39, 0.29) is 17.9 Å². The molecule has 0 aromatic heterocycles. The van der Waals surface area contributed by atoms with Gasteiger partial charge in [-0.05, 0) is 61.6 Å². The number of hydrogen-bond acceptors (Lipinski definition) is 4. The van der Waals surface area contributed by atoms with Gasteiger partial charge in [0.1, 0.15) is 5.75 Å². The molecule has 4 rings (SSSR count). The first-order valence-corrected chi connectivity index (χ1v) is 10.8. The number of carbonyl (C=O) groups is 2. The van der Waals surface area contributed by atoms with Crippen molar-refractivity contribution in [3.8, 4) is 5.75 Å². The molecule has 2 amide bonds. The zero-order valence-corrected chi connectivity index (χ0v) is 17.4. The highest BCUT2D eigenvalue weighted by atomic mass is 16.5. The predicted molar refractivity (Wildman–Crippen MR) is 117 cm³/mol. The smallest absolute Gasteiger partial charge is 0.251 e. The quantitative estimate of drug-likeness (QED) is 0.770. The molecule has 0 bridgehead atoms. The number of fused-ring (bicyclic) bond motifs is 1. The first-order chi connectivity index (χ1) is 14.6. The van der Waals surface area contributed by atoms with Crippen LogP contribution in [0.3, 0.4) is 0 Å². The molecular weight excluding hydrogens is 378 g/mol. The van der Waals surface area contributed by atoms with E-state index in [1.165, 1.54) is 11.1 Å². The van der Waals surface area contributed by atoms with E-state index in [4.69, 9.17) is 4.74 Å². The number of ether oxygens (including phenoxy) is 1. The summed E-state index contributed by atoms with van der Waals surface area (Å²) in [5.41, 5.74) is 4.03. The molecule has 2 aromatic rings. The number of piperidine rings is 1. The fourth-order valence-electron chi connectivity index (χ4n) is 4.17. The molecule has 2 N–H and O–H groups in total. The summed E-state index contributed by atoms with van der Waals surface area (Å²) in [5.74, 6) is 0.782. The van der Waals surface area contributed by atoms with E-state index in [0.29, 0.717) is 18.6 Å². The van der Waals surface area contributed by atoms with Gasteiger partial charge in [-0.15, -0.1) is 0 Å². The van der Waals surface area contributed by atoms with E-state index in [0.717, 1.165) is 50.3 Å². The van der Waals surface area contributed by atoms with Crippen molar-refractivity contribution in [3.05, 3.63) is 59.2 Å². The van der Waals surface area contributed by atoms with Gasteiger partial charge < -0.3 is 15.4 Å². The summed E-state index contributed by atoms with van der Waals surface area (Å²) in [6, 6.07) is 13.9. The van der Waals surface area contributed by atoms with Gasteiger partial charge in [0, 0.05) is 43.3 Å². The van der Waals surface area contributed by atoms with E-state index in [1.807, 2.05) is 25.1 Å². The number of hydrogen-bond donors (Lipinski definition) is 2. The Morgan fingerprint density at radius 1 is 1.17 bits per heavy atom. The van der Waals surface area contributed by atoms with Crippen molar-refractivity contribution in [1.29, 1.82) is 0 Å². The van der Waals surface area contributed by atoms with Crippen LogP contribution in [-0.4, -0.2) is 42.5 Å². The van der Waals surface area contributed by atoms with Crippen LogP contribution >= 0.6 is 0 Å². The van der Waals surface area contributed by atoms with Gasteiger partial charge in [-0.2, -0.15) is 0 Å². The number of carbonyl (C=O) groups excluding carboxylic acids is 2. The molecule has 0 radical (unpaired) electrons. The molecule has 0 saturated carbocycles. The summed E-state index contributed by atoms with van der Waals surface area (Å²) in [6.45, 7) is 5.25. The van der Waals surface area contributed by atoms with E-state index in [9.17, 15) is 9.59 Å². The molecule has 6 nitrogen and oxygen atoms in total. The van der Waals surface area contributed by atoms with Crippen molar-refractivity contribution >= 4 is 17.5 Å². The van der Waals surface area contributed by atoms with Gasteiger partial charge >= 0.3 is 0 Å². The zero-order valence-electron chi connectivity index (χ0n) is 17.4. The largest absolute Gasteiger partial charge is 0.494 e. The van der Waals surface area contributed by atoms with Crippen LogP contribution in [0.5, 0.6) is 5.75 Å². The van der Waals surface area contributed by atoms with Crippen LogP contribution in [0.1, 0.15) is 47.7 Å². The molecule has 2 aromatic carbocycles. The first-order valence-electron chi connectivity index (χ1n) is 10.8. The van der Waals surface area contributed by atoms with Gasteiger partial charge in [-0.1, -0.05) is 18.2 Å². The van der Waals surface area contributed by atoms with Crippen LogP contribution in [0.2, 0.25) is 0 Å². The fraction of sp³-hybridized carbons (Fsp3) is 0.417. The van der Waals surface area contributed by atoms with E-state index in [1.54, 1.807) is 6.07 Å². The summed E-state index contributed by atoms with van der Waals surface area (Å²) in [6.07, 6.45) is 3.25. The average molecular weight is 408 g/mol. The number of nitrogens with one attached hydrogen (secondary N) is 2. The number of nitrogens with zero attached hydrogens (tertiary/aromatic N) is 1. The highest BCUT2D eigenvalue weighted by Crippen LogP contribution is 2.25. The third-order valence-electron chi connectivity index (χ3n) is 5.81. The molecule has 158 valence electrons. The number of amides is 2. The Hall–Kier alpha value is -2.86. The minimum Gasteiger partial charge on any atom is -0.494 e. The number of anilines is 1. The summed E-state index contributed by atoms with van der Waals surface area (Å²) in [7, 11) is 0. The number of rotatable bonds is 6. The Labute approximate surface area is 177 Å². The molecule has 1 saturated heterocycles. The Morgan fingerprint density at radius 2 is 2.00 bits per heavy atom. The number of aryl methyl sites for hydroxylation is 1. The second-order valence-electron chi connectivity index (χ2n) is 8.02. The lowest BCUT2D eigenvalue weighted by Crippen LogP contribution is -2.44. The molecule has 0 unspecified atom stereocenters. The average Bonchev–Trinajstić information content (AvgIpc) is 2.75. The summed E-state index contributed by atoms with van der Waals surface area (Å²) >= 11 is 0. The summed E-state index contributed by atoms with van der Waals surface area (Å²) < 4.78 is 5.49. The van der Waals surface area contributed by atoms with Gasteiger partial charge in [0.25, 0.3) is 5.91 Å². The molecule has 0 atom stereocenters. The minimum absolute atomic E-state index is 0.0413. The van der Waals surface area contributed by atoms with Gasteiger partial charge in [-0.3, -0.25) is 14.5 Å². The molecule has 1 fully saturated rings. The third kappa shape index (κ3) is 5.00. The lowest BCUT2D eigenvalue weighted by Gasteiger charge is -2.32. The van der Waals surface area contributed by atoms with Crippen molar-refractivity contribution in [3.63, 3.8) is 0 Å². The lowest BCUT2D eigenvalue weighted by molar-refractivity contribution is -0.116. The number of benzene rings is 2. The number of likely N-dealkylation sites (tertiary alicyclic amines) is 1. The molecule has 2 aliphatic rings. The van der Waals surface area contributed by atoms with E-state index in [2.05, 4.69) is 33.7 Å². The van der Waals surface area contributed by atoms with E-state index < -0.39 is 0 Å². The predicted octanol–water partition coefficient (Wildman–Crippen LogP) is 3.36. The van der Waals surface area contributed by atoms with Crippen LogP contribution in [0.15, 0.2) is 42.5 Å². The van der Waals surface area contributed by atoms with Crippen molar-refractivity contribution in [2.45, 2.75) is 45.2 Å². The highest BCUT2D eigenvalue weighted by Gasteiger charge is 2.22. The monoisotopic (exact) mass is 407 g/mol. The standard InChI is InChI=1S/C24H29N3O3/c1-2-30-21-5-3-4-19(15-21)24(29)25-20-10-12-27(13-11-20)16-17-6-7-18-8-9-23(28)26-22(18)14-17/h3-7,14-15,20H,2,8-13,16H2,1H3,(H,25,29)(H,26,28). The second kappa shape index (κ2) is 9.30. The fourth-order valence-corrected chi connectivity index (χ4v) is 4.17. The van der Waals surface area contributed by atoms with Gasteiger partial charge in [-0.25, -0.2) is 0 Å². The lowest BCUT2D eigenvalue weighted by atomic mass is 9.99. The van der Waals surface area contributed by atoms with Crippen LogP contribution in [-0.2, 0) is 17.8 Å². The molecule has 0 aliphatic carbocycles. The Kier molecular flexibility index (Phi) is 6.33. The highest BCUT2D eigenvalue weighted by molar-refractivity contribution is 5.95. The summed E-state index contributed by atoms with van der Waals surface area (Å²) in [4.78, 5) is 26.6. The summed E-state index contributed by atoms with van der Waals surface area (Å²) in [5, 5.41) is 6.15. The topological polar surface area (TPSA) is 70.7 Å². The molecular formula is C24H29N3O3. The van der Waals surface area contributed by atoms with Crippen molar-refractivity contribution < 1.29 is 14.3 Å². The van der Waals surface area contributed by atoms with Crippen LogP contribution in [0.4, 0.5) is 5.69 Å². The van der Waals surface area contributed by atoms with Gasteiger partial charge in [0.2, 0.25) is 5.91 Å². The Balaban J connectivity index is 1.28. The molecule has 0 spiro atoms.